The van der Waals surface area contributed by atoms with Crippen molar-refractivity contribution >= 4 is 11.8 Å². The molecule has 0 aliphatic heterocycles. The quantitative estimate of drug-likeness (QED) is 0.747. The largest absolute Gasteiger partial charge is 0.363 e. The van der Waals surface area contributed by atoms with Crippen LogP contribution in [0.1, 0.15) is 20.3 Å². The van der Waals surface area contributed by atoms with Crippen molar-refractivity contribution in [1.82, 2.24) is 10.5 Å². The van der Waals surface area contributed by atoms with Crippen molar-refractivity contribution in [3.63, 3.8) is 0 Å². The number of urea groups is 1. The number of hydrogen-bond donors (Lipinski definition) is 2. The summed E-state index contributed by atoms with van der Waals surface area (Å²) in [5.74, 6) is 0.417. The molecule has 5 nitrogen and oxygen atoms in total. The van der Waals surface area contributed by atoms with Gasteiger partial charge in [-0.25, -0.2) is 4.79 Å². The molecule has 2 N–H and O–H groups in total. The standard InChI is InChI=1S/C8H13N3O2/c1-3-6(2)9-8(12)10-7-4-5-13-11-7/h4-6H,3H2,1-2H3,(H2,9,10,11,12). The zero-order chi connectivity index (χ0) is 9.68. The van der Waals surface area contributed by atoms with Gasteiger partial charge < -0.3 is 9.84 Å². The summed E-state index contributed by atoms with van der Waals surface area (Å²) >= 11 is 0. The molecule has 0 spiro atoms. The summed E-state index contributed by atoms with van der Waals surface area (Å²) in [5, 5.41) is 8.81. The number of carbonyl (C=O) groups is 1. The molecule has 0 aromatic carbocycles. The number of aromatic nitrogens is 1. The maximum Gasteiger partial charge on any atom is 0.320 e. The Labute approximate surface area is 76.5 Å². The number of rotatable bonds is 3. The number of nitrogens with zero attached hydrogens (tertiary/aromatic N) is 1. The highest BCUT2D eigenvalue weighted by atomic mass is 16.5. The fourth-order valence-electron chi connectivity index (χ4n) is 0.755. The van der Waals surface area contributed by atoms with Crippen molar-refractivity contribution in [2.24, 2.45) is 0 Å². The predicted octanol–water partition coefficient (Wildman–Crippen LogP) is 1.59. The normalized spacial score (nSPS) is 12.2. The Hall–Kier alpha value is -1.52. The molecule has 1 unspecified atom stereocenters. The molecule has 2 amide bonds. The van der Waals surface area contributed by atoms with Gasteiger partial charge in [0.25, 0.3) is 0 Å². The third-order valence-corrected chi connectivity index (χ3v) is 1.67. The SMILES string of the molecule is CCC(C)NC(=O)Nc1ccon1. The van der Waals surface area contributed by atoms with Crippen LogP contribution in [0.25, 0.3) is 0 Å². The molecule has 1 heterocycles. The first-order chi connectivity index (χ1) is 6.22. The Balaban J connectivity index is 2.34. The molecule has 13 heavy (non-hydrogen) atoms. The number of anilines is 1. The van der Waals surface area contributed by atoms with Gasteiger partial charge in [-0.3, -0.25) is 5.32 Å². The van der Waals surface area contributed by atoms with Gasteiger partial charge in [0.2, 0.25) is 0 Å². The van der Waals surface area contributed by atoms with Gasteiger partial charge in [-0.1, -0.05) is 12.1 Å². The molecular formula is C8H13N3O2. The fourth-order valence-corrected chi connectivity index (χ4v) is 0.755. The number of carbonyl (C=O) groups excluding carboxylic acids is 1. The van der Waals surface area contributed by atoms with Crippen LogP contribution in [0.15, 0.2) is 16.9 Å². The van der Waals surface area contributed by atoms with Crippen molar-refractivity contribution in [3.05, 3.63) is 12.3 Å². The Kier molecular flexibility index (Phi) is 3.31. The minimum Gasteiger partial charge on any atom is -0.363 e. The zero-order valence-electron chi connectivity index (χ0n) is 7.70. The lowest BCUT2D eigenvalue weighted by Gasteiger charge is -2.10. The molecule has 0 aliphatic rings. The van der Waals surface area contributed by atoms with Gasteiger partial charge in [-0.15, -0.1) is 0 Å². The molecule has 1 aromatic heterocycles. The second-order valence-electron chi connectivity index (χ2n) is 2.79. The Bertz CT molecular complexity index is 258. The van der Waals surface area contributed by atoms with Crippen LogP contribution in [0.4, 0.5) is 10.6 Å². The molecule has 0 saturated carbocycles. The third kappa shape index (κ3) is 3.14. The van der Waals surface area contributed by atoms with Crippen molar-refractivity contribution in [3.8, 4) is 0 Å². The van der Waals surface area contributed by atoms with E-state index < -0.39 is 0 Å². The van der Waals surface area contributed by atoms with Crippen LogP contribution >= 0.6 is 0 Å². The number of nitrogens with one attached hydrogen (secondary N) is 2. The van der Waals surface area contributed by atoms with E-state index in [0.717, 1.165) is 6.42 Å². The van der Waals surface area contributed by atoms with E-state index in [-0.39, 0.29) is 12.1 Å². The van der Waals surface area contributed by atoms with Gasteiger partial charge in [-0.05, 0) is 13.3 Å². The molecule has 0 bridgehead atoms. The van der Waals surface area contributed by atoms with Crippen molar-refractivity contribution < 1.29 is 9.32 Å². The molecule has 72 valence electrons. The van der Waals surface area contributed by atoms with Crippen LogP contribution in [0.2, 0.25) is 0 Å². The molecule has 1 aromatic rings. The highest BCUT2D eigenvalue weighted by Crippen LogP contribution is 2.00. The van der Waals surface area contributed by atoms with E-state index in [1.165, 1.54) is 6.26 Å². The highest BCUT2D eigenvalue weighted by Gasteiger charge is 2.05. The number of amides is 2. The first-order valence-corrected chi connectivity index (χ1v) is 4.20. The summed E-state index contributed by atoms with van der Waals surface area (Å²) in [7, 11) is 0. The van der Waals surface area contributed by atoms with E-state index >= 15 is 0 Å². The first kappa shape index (κ1) is 9.57. The second-order valence-corrected chi connectivity index (χ2v) is 2.79. The monoisotopic (exact) mass is 183 g/mol. The van der Waals surface area contributed by atoms with Gasteiger partial charge in [0.1, 0.15) is 6.26 Å². The fraction of sp³-hybridized carbons (Fsp3) is 0.500. The zero-order valence-corrected chi connectivity index (χ0v) is 7.70. The van der Waals surface area contributed by atoms with Crippen molar-refractivity contribution in [1.29, 1.82) is 0 Å². The Morgan fingerprint density at radius 3 is 3.08 bits per heavy atom. The van der Waals surface area contributed by atoms with Crippen LogP contribution in [0, 0.1) is 0 Å². The molecule has 0 aliphatic carbocycles. The molecule has 5 heteroatoms. The minimum atomic E-state index is -0.261. The summed E-state index contributed by atoms with van der Waals surface area (Å²) in [6, 6.07) is 1.48. The first-order valence-electron chi connectivity index (χ1n) is 4.20. The molecule has 0 fully saturated rings. The van der Waals surface area contributed by atoms with E-state index in [9.17, 15) is 4.79 Å². The average Bonchev–Trinajstić information content (AvgIpc) is 2.56. The Morgan fingerprint density at radius 1 is 1.77 bits per heavy atom. The van der Waals surface area contributed by atoms with Gasteiger partial charge in [0.05, 0.1) is 0 Å². The second kappa shape index (κ2) is 4.49. The van der Waals surface area contributed by atoms with Gasteiger partial charge >= 0.3 is 6.03 Å². The number of hydrogen-bond acceptors (Lipinski definition) is 3. The van der Waals surface area contributed by atoms with Crippen molar-refractivity contribution in [2.45, 2.75) is 26.3 Å². The molecule has 1 atom stereocenters. The lowest BCUT2D eigenvalue weighted by atomic mass is 10.3. The maximum absolute atomic E-state index is 11.2. The Morgan fingerprint density at radius 2 is 2.54 bits per heavy atom. The molecule has 0 saturated heterocycles. The van der Waals surface area contributed by atoms with Crippen LogP contribution < -0.4 is 10.6 Å². The van der Waals surface area contributed by atoms with Crippen LogP contribution in [0.5, 0.6) is 0 Å². The molecule has 0 radical (unpaired) electrons. The average molecular weight is 183 g/mol. The minimum absolute atomic E-state index is 0.159. The van der Waals surface area contributed by atoms with E-state index in [4.69, 9.17) is 0 Å². The van der Waals surface area contributed by atoms with E-state index in [1.54, 1.807) is 6.07 Å². The summed E-state index contributed by atoms with van der Waals surface area (Å²) < 4.78 is 4.55. The lowest BCUT2D eigenvalue weighted by Crippen LogP contribution is -2.35. The third-order valence-electron chi connectivity index (χ3n) is 1.67. The van der Waals surface area contributed by atoms with Crippen LogP contribution in [-0.2, 0) is 0 Å². The summed E-state index contributed by atoms with van der Waals surface area (Å²) in [4.78, 5) is 11.2. The summed E-state index contributed by atoms with van der Waals surface area (Å²) in [5.41, 5.74) is 0. The molecular weight excluding hydrogens is 170 g/mol. The predicted molar refractivity (Wildman–Crippen MR) is 48.4 cm³/mol. The topological polar surface area (TPSA) is 67.2 Å². The summed E-state index contributed by atoms with van der Waals surface area (Å²) in [6.07, 6.45) is 2.30. The molecule has 1 rings (SSSR count). The van der Waals surface area contributed by atoms with Crippen LogP contribution in [-0.4, -0.2) is 17.2 Å². The van der Waals surface area contributed by atoms with Crippen molar-refractivity contribution in [2.75, 3.05) is 5.32 Å². The summed E-state index contributed by atoms with van der Waals surface area (Å²) in [6.45, 7) is 3.93. The van der Waals surface area contributed by atoms with E-state index in [2.05, 4.69) is 20.3 Å². The van der Waals surface area contributed by atoms with Gasteiger partial charge in [-0.2, -0.15) is 0 Å². The lowest BCUT2D eigenvalue weighted by molar-refractivity contribution is 0.248. The van der Waals surface area contributed by atoms with Gasteiger partial charge in [0, 0.05) is 12.1 Å². The smallest absolute Gasteiger partial charge is 0.320 e. The van der Waals surface area contributed by atoms with E-state index in [0.29, 0.717) is 5.82 Å². The highest BCUT2D eigenvalue weighted by molar-refractivity contribution is 5.88. The maximum atomic E-state index is 11.2. The van der Waals surface area contributed by atoms with Crippen LogP contribution in [0.3, 0.4) is 0 Å². The van der Waals surface area contributed by atoms with E-state index in [1.807, 2.05) is 13.8 Å². The van der Waals surface area contributed by atoms with Gasteiger partial charge in [0.15, 0.2) is 5.82 Å².